The van der Waals surface area contributed by atoms with Gasteiger partial charge in [-0.1, -0.05) is 0 Å². The fourth-order valence-electron chi connectivity index (χ4n) is 3.81. The Kier molecular flexibility index (Phi) is 3.85. The summed E-state index contributed by atoms with van der Waals surface area (Å²) in [5, 5.41) is 8.34. The van der Waals surface area contributed by atoms with Crippen molar-refractivity contribution in [2.75, 3.05) is 6.61 Å². The second kappa shape index (κ2) is 6.40. The van der Waals surface area contributed by atoms with E-state index in [1.165, 1.54) is 6.07 Å². The molecule has 0 atom stereocenters. The first kappa shape index (κ1) is 16.9. The van der Waals surface area contributed by atoms with E-state index in [4.69, 9.17) is 4.74 Å². The molecule has 5 rings (SSSR count). The smallest absolute Gasteiger partial charge is 0.173 e. The minimum absolute atomic E-state index is 0.189. The summed E-state index contributed by atoms with van der Waals surface area (Å²) in [6.45, 7) is 2.56. The molecule has 7 nitrogen and oxygen atoms in total. The standard InChI is InChI=1S/C20H19FN6O/c1-12-22-10-17(26(12)2)15-9-23-19(27-11-24-25-20(15)27)6-3-13-14-7-8-28-18(14)5-4-16(13)21/h4-5,9-11H,3,6-8H2,1-2H3. The number of nitrogens with zero attached hydrogens (tertiary/aromatic N) is 6. The van der Waals surface area contributed by atoms with Crippen molar-refractivity contribution in [2.24, 2.45) is 7.05 Å². The molecule has 0 saturated carbocycles. The zero-order valence-electron chi connectivity index (χ0n) is 15.7. The van der Waals surface area contributed by atoms with Gasteiger partial charge in [-0.25, -0.2) is 14.4 Å². The molecule has 4 heterocycles. The highest BCUT2D eigenvalue weighted by Crippen LogP contribution is 2.31. The summed E-state index contributed by atoms with van der Waals surface area (Å²) in [4.78, 5) is 8.98. The lowest BCUT2D eigenvalue weighted by atomic mass is 10.00. The molecule has 0 saturated heterocycles. The summed E-state index contributed by atoms with van der Waals surface area (Å²) in [5.41, 5.74) is 4.20. The Morgan fingerprint density at radius 3 is 2.89 bits per heavy atom. The van der Waals surface area contributed by atoms with Crippen LogP contribution in [-0.4, -0.2) is 35.7 Å². The molecule has 3 aromatic heterocycles. The average molecular weight is 378 g/mol. The van der Waals surface area contributed by atoms with Crippen LogP contribution >= 0.6 is 0 Å². The Morgan fingerprint density at radius 2 is 2.07 bits per heavy atom. The first-order valence-corrected chi connectivity index (χ1v) is 9.23. The van der Waals surface area contributed by atoms with Gasteiger partial charge < -0.3 is 9.30 Å². The number of benzene rings is 1. The fourth-order valence-corrected chi connectivity index (χ4v) is 3.81. The zero-order valence-corrected chi connectivity index (χ0v) is 15.7. The molecule has 0 radical (unpaired) electrons. The van der Waals surface area contributed by atoms with Gasteiger partial charge in [-0.2, -0.15) is 0 Å². The lowest BCUT2D eigenvalue weighted by Gasteiger charge is -2.11. The third-order valence-corrected chi connectivity index (χ3v) is 5.45. The van der Waals surface area contributed by atoms with Gasteiger partial charge in [0.05, 0.1) is 24.1 Å². The molecule has 0 fully saturated rings. The van der Waals surface area contributed by atoms with Crippen LogP contribution in [0.25, 0.3) is 16.9 Å². The maximum absolute atomic E-state index is 14.4. The van der Waals surface area contributed by atoms with Gasteiger partial charge >= 0.3 is 0 Å². The number of ether oxygens (including phenoxy) is 1. The average Bonchev–Trinajstić information content (AvgIpc) is 3.42. The van der Waals surface area contributed by atoms with E-state index >= 15 is 0 Å². The van der Waals surface area contributed by atoms with Crippen molar-refractivity contribution in [3.63, 3.8) is 0 Å². The van der Waals surface area contributed by atoms with Crippen LogP contribution in [0.15, 0.2) is 30.9 Å². The van der Waals surface area contributed by atoms with E-state index in [1.54, 1.807) is 18.6 Å². The largest absolute Gasteiger partial charge is 0.493 e. The van der Waals surface area contributed by atoms with E-state index in [0.717, 1.165) is 46.3 Å². The van der Waals surface area contributed by atoms with Gasteiger partial charge in [0.15, 0.2) is 5.65 Å². The number of hydrogen-bond acceptors (Lipinski definition) is 5. The van der Waals surface area contributed by atoms with Crippen LogP contribution in [0.3, 0.4) is 0 Å². The molecule has 0 aliphatic carbocycles. The van der Waals surface area contributed by atoms with Crippen molar-refractivity contribution in [1.82, 2.24) is 29.1 Å². The summed E-state index contributed by atoms with van der Waals surface area (Å²) in [7, 11) is 1.96. The third-order valence-electron chi connectivity index (χ3n) is 5.45. The predicted octanol–water partition coefficient (Wildman–Crippen LogP) is 2.69. The van der Waals surface area contributed by atoms with E-state index < -0.39 is 0 Å². The SMILES string of the molecule is Cc1ncc(-c2cnc(CCc3c(F)ccc4c3CCO4)n3cnnc23)n1C. The van der Waals surface area contributed by atoms with Crippen LogP contribution in [0, 0.1) is 12.7 Å². The second-order valence-corrected chi connectivity index (χ2v) is 6.96. The Labute approximate surface area is 160 Å². The number of imidazole rings is 1. The number of halogens is 1. The van der Waals surface area contributed by atoms with Crippen molar-refractivity contribution in [3.8, 4) is 17.0 Å². The number of fused-ring (bicyclic) bond motifs is 2. The van der Waals surface area contributed by atoms with Crippen LogP contribution < -0.4 is 4.74 Å². The minimum atomic E-state index is -0.189. The predicted molar refractivity (Wildman–Crippen MR) is 101 cm³/mol. The van der Waals surface area contributed by atoms with E-state index in [9.17, 15) is 4.39 Å². The van der Waals surface area contributed by atoms with Crippen LogP contribution in [0.4, 0.5) is 4.39 Å². The van der Waals surface area contributed by atoms with E-state index in [-0.39, 0.29) is 5.82 Å². The Balaban J connectivity index is 1.51. The summed E-state index contributed by atoms with van der Waals surface area (Å²) >= 11 is 0. The molecular formula is C20H19FN6O. The molecule has 8 heteroatoms. The lowest BCUT2D eigenvalue weighted by Crippen LogP contribution is -2.06. The van der Waals surface area contributed by atoms with Gasteiger partial charge in [0.2, 0.25) is 0 Å². The Hall–Kier alpha value is -3.29. The molecule has 0 amide bonds. The highest BCUT2D eigenvalue weighted by Gasteiger charge is 2.20. The Morgan fingerprint density at radius 1 is 1.18 bits per heavy atom. The topological polar surface area (TPSA) is 70.1 Å². The van der Waals surface area contributed by atoms with Gasteiger partial charge in [0.25, 0.3) is 0 Å². The normalized spacial score (nSPS) is 13.1. The molecular weight excluding hydrogens is 359 g/mol. The van der Waals surface area contributed by atoms with Gasteiger partial charge in [0, 0.05) is 31.6 Å². The number of hydrogen-bond donors (Lipinski definition) is 0. The molecule has 142 valence electrons. The third kappa shape index (κ3) is 2.56. The highest BCUT2D eigenvalue weighted by molar-refractivity contribution is 5.74. The number of rotatable bonds is 4. The van der Waals surface area contributed by atoms with Crippen molar-refractivity contribution in [1.29, 1.82) is 0 Å². The highest BCUT2D eigenvalue weighted by atomic mass is 19.1. The Bertz CT molecular complexity index is 1200. The van der Waals surface area contributed by atoms with Crippen LogP contribution in [0.2, 0.25) is 0 Å². The summed E-state index contributed by atoms with van der Waals surface area (Å²) in [6.07, 6.45) is 7.12. The van der Waals surface area contributed by atoms with Crippen molar-refractivity contribution in [2.45, 2.75) is 26.2 Å². The van der Waals surface area contributed by atoms with E-state index in [0.29, 0.717) is 25.0 Å². The summed E-state index contributed by atoms with van der Waals surface area (Å²) < 4.78 is 23.8. The molecule has 1 aromatic carbocycles. The van der Waals surface area contributed by atoms with Gasteiger partial charge in [-0.3, -0.25) is 4.40 Å². The van der Waals surface area contributed by atoms with Crippen molar-refractivity contribution >= 4 is 5.65 Å². The quantitative estimate of drug-likeness (QED) is 0.546. The monoisotopic (exact) mass is 378 g/mol. The summed E-state index contributed by atoms with van der Waals surface area (Å²) in [6, 6.07) is 3.19. The van der Waals surface area contributed by atoms with Gasteiger partial charge in [-0.15, -0.1) is 10.2 Å². The van der Waals surface area contributed by atoms with Crippen LogP contribution in [-0.2, 0) is 26.3 Å². The molecule has 0 unspecified atom stereocenters. The maximum atomic E-state index is 14.4. The molecule has 4 aromatic rings. The molecule has 0 spiro atoms. The lowest BCUT2D eigenvalue weighted by molar-refractivity contribution is 0.356. The first-order chi connectivity index (χ1) is 13.6. The van der Waals surface area contributed by atoms with Crippen molar-refractivity contribution < 1.29 is 9.13 Å². The molecule has 0 bridgehead atoms. The van der Waals surface area contributed by atoms with E-state index in [1.807, 2.05) is 29.1 Å². The maximum Gasteiger partial charge on any atom is 0.173 e. The molecule has 1 aliphatic rings. The second-order valence-electron chi connectivity index (χ2n) is 6.96. The minimum Gasteiger partial charge on any atom is -0.493 e. The van der Waals surface area contributed by atoms with Crippen molar-refractivity contribution in [3.05, 3.63) is 59.4 Å². The van der Waals surface area contributed by atoms with Gasteiger partial charge in [-0.05, 0) is 31.0 Å². The fraction of sp³-hybridized carbons (Fsp3) is 0.300. The van der Waals surface area contributed by atoms with Crippen LogP contribution in [0.5, 0.6) is 5.75 Å². The number of aromatic nitrogens is 6. The molecule has 0 N–H and O–H groups in total. The van der Waals surface area contributed by atoms with E-state index in [2.05, 4.69) is 20.2 Å². The summed E-state index contributed by atoms with van der Waals surface area (Å²) in [5.74, 6) is 2.30. The zero-order chi connectivity index (χ0) is 19.3. The molecule has 1 aliphatic heterocycles. The van der Waals surface area contributed by atoms with Crippen LogP contribution in [0.1, 0.15) is 22.8 Å². The van der Waals surface area contributed by atoms with Gasteiger partial charge in [0.1, 0.15) is 29.5 Å². The first-order valence-electron chi connectivity index (χ1n) is 9.23. The molecule has 28 heavy (non-hydrogen) atoms. The number of aryl methyl sites for hydroxylation is 2.